The molecule has 0 heterocycles. The predicted molar refractivity (Wildman–Crippen MR) is 45.4 cm³/mol. The highest BCUT2D eigenvalue weighted by atomic mass is 19.3. The molecule has 0 amide bonds. The van der Waals surface area contributed by atoms with Crippen LogP contribution in [0.4, 0.5) is 8.78 Å². The van der Waals surface area contributed by atoms with Crippen LogP contribution in [0.5, 0.6) is 5.75 Å². The number of carbonyl (C=O) groups is 2. The molecule has 15 heavy (non-hydrogen) atoms. The van der Waals surface area contributed by atoms with Crippen molar-refractivity contribution < 1.29 is 28.2 Å². The Morgan fingerprint density at radius 2 is 2.13 bits per heavy atom. The Balaban J connectivity index is 3.09. The summed E-state index contributed by atoms with van der Waals surface area (Å²) < 4.78 is 27.7. The first-order chi connectivity index (χ1) is 7.04. The molecular weight excluding hydrogens is 210 g/mol. The summed E-state index contributed by atoms with van der Waals surface area (Å²) >= 11 is 0. The number of ether oxygens (including phenoxy) is 1. The van der Waals surface area contributed by atoms with E-state index in [1.165, 1.54) is 0 Å². The Hall–Kier alpha value is -1.98. The van der Waals surface area contributed by atoms with Crippen LogP contribution in [-0.4, -0.2) is 24.0 Å². The van der Waals surface area contributed by atoms with Crippen molar-refractivity contribution in [2.45, 2.75) is 6.61 Å². The number of hydrogen-bond donors (Lipinski definition) is 1. The van der Waals surface area contributed by atoms with Crippen molar-refractivity contribution in [3.8, 4) is 5.75 Å². The lowest BCUT2D eigenvalue weighted by Gasteiger charge is -2.06. The second-order valence-electron chi connectivity index (χ2n) is 2.55. The van der Waals surface area contributed by atoms with Crippen molar-refractivity contribution in [3.63, 3.8) is 0 Å². The van der Waals surface area contributed by atoms with Crippen molar-refractivity contribution in [2.24, 2.45) is 0 Å². The van der Waals surface area contributed by atoms with Gasteiger partial charge in [-0.2, -0.15) is 8.78 Å². The number of rotatable bonds is 4. The number of aromatic carboxylic acids is 1. The van der Waals surface area contributed by atoms with Crippen molar-refractivity contribution in [1.82, 2.24) is 0 Å². The highest BCUT2D eigenvalue weighted by Gasteiger charge is 2.12. The first-order valence-corrected chi connectivity index (χ1v) is 3.82. The maximum atomic E-state index is 11.8. The number of carbonyl (C=O) groups excluding carboxylic acids is 1. The van der Waals surface area contributed by atoms with Crippen molar-refractivity contribution >= 4 is 12.3 Å². The third kappa shape index (κ3) is 2.73. The molecule has 1 aromatic rings. The topological polar surface area (TPSA) is 63.6 Å². The Morgan fingerprint density at radius 3 is 2.60 bits per heavy atom. The maximum absolute atomic E-state index is 11.8. The number of halogens is 2. The second kappa shape index (κ2) is 4.50. The van der Waals surface area contributed by atoms with Crippen LogP contribution < -0.4 is 4.74 Å². The highest BCUT2D eigenvalue weighted by Crippen LogP contribution is 2.20. The standard InChI is InChI=1S/C9H6F2O4/c10-9(11)15-7-2-1-5(8(13)14)3-6(7)4-12/h1-4,9H,(H,13,14). The Labute approximate surface area is 83.1 Å². The highest BCUT2D eigenvalue weighted by molar-refractivity contribution is 5.91. The van der Waals surface area contributed by atoms with Crippen molar-refractivity contribution in [1.29, 1.82) is 0 Å². The molecule has 1 rings (SSSR count). The molecule has 0 saturated carbocycles. The van der Waals surface area contributed by atoms with E-state index in [-0.39, 0.29) is 23.2 Å². The van der Waals surface area contributed by atoms with Gasteiger partial charge in [0.1, 0.15) is 5.75 Å². The lowest BCUT2D eigenvalue weighted by molar-refractivity contribution is -0.0500. The molecule has 0 fully saturated rings. The average molecular weight is 216 g/mol. The van der Waals surface area contributed by atoms with E-state index in [0.29, 0.717) is 0 Å². The first-order valence-electron chi connectivity index (χ1n) is 3.82. The number of aldehydes is 1. The summed E-state index contributed by atoms with van der Waals surface area (Å²) in [5.41, 5.74) is -0.395. The van der Waals surface area contributed by atoms with E-state index in [0.717, 1.165) is 18.2 Å². The molecule has 4 nitrogen and oxygen atoms in total. The van der Waals surface area contributed by atoms with Crippen molar-refractivity contribution in [2.75, 3.05) is 0 Å². The van der Waals surface area contributed by atoms with Gasteiger partial charge in [0.25, 0.3) is 0 Å². The van der Waals surface area contributed by atoms with Crippen LogP contribution in [-0.2, 0) is 0 Å². The molecule has 0 aromatic heterocycles. The smallest absolute Gasteiger partial charge is 0.387 e. The zero-order chi connectivity index (χ0) is 11.4. The van der Waals surface area contributed by atoms with Gasteiger partial charge in [-0.1, -0.05) is 0 Å². The minimum absolute atomic E-state index is 0.168. The van der Waals surface area contributed by atoms with Crippen molar-refractivity contribution in [3.05, 3.63) is 29.3 Å². The lowest BCUT2D eigenvalue weighted by atomic mass is 10.1. The Kier molecular flexibility index (Phi) is 3.33. The van der Waals surface area contributed by atoms with Gasteiger partial charge in [0, 0.05) is 0 Å². The fourth-order valence-corrected chi connectivity index (χ4v) is 0.977. The molecular formula is C9H6F2O4. The minimum atomic E-state index is -3.06. The van der Waals surface area contributed by atoms with E-state index in [9.17, 15) is 18.4 Å². The summed E-state index contributed by atoms with van der Waals surface area (Å²) in [7, 11) is 0. The van der Waals surface area contributed by atoms with Gasteiger partial charge < -0.3 is 9.84 Å². The molecule has 0 spiro atoms. The molecule has 1 aromatic carbocycles. The largest absolute Gasteiger partial charge is 0.478 e. The quantitative estimate of drug-likeness (QED) is 0.779. The number of carboxylic acid groups (broad SMARTS) is 1. The molecule has 0 aliphatic heterocycles. The van der Waals surface area contributed by atoms with E-state index in [1.54, 1.807) is 0 Å². The molecule has 80 valence electrons. The predicted octanol–water partition coefficient (Wildman–Crippen LogP) is 1.80. The van der Waals surface area contributed by atoms with Gasteiger partial charge in [0.2, 0.25) is 0 Å². The molecule has 0 radical (unpaired) electrons. The number of benzene rings is 1. The van der Waals surface area contributed by atoms with Crippen LogP contribution in [0.2, 0.25) is 0 Å². The van der Waals surface area contributed by atoms with Gasteiger partial charge in [-0.15, -0.1) is 0 Å². The first kappa shape index (κ1) is 11.1. The van der Waals surface area contributed by atoms with Crippen LogP contribution >= 0.6 is 0 Å². The molecule has 0 atom stereocenters. The van der Waals surface area contributed by atoms with Gasteiger partial charge >= 0.3 is 12.6 Å². The van der Waals surface area contributed by atoms with Crippen LogP contribution in [0.25, 0.3) is 0 Å². The summed E-state index contributed by atoms with van der Waals surface area (Å²) in [4.78, 5) is 21.0. The summed E-state index contributed by atoms with van der Waals surface area (Å²) in [5, 5.41) is 8.57. The number of carboxylic acids is 1. The van der Waals surface area contributed by atoms with E-state index in [2.05, 4.69) is 4.74 Å². The van der Waals surface area contributed by atoms with Gasteiger partial charge in [-0.25, -0.2) is 4.79 Å². The lowest BCUT2D eigenvalue weighted by Crippen LogP contribution is -2.05. The fourth-order valence-electron chi connectivity index (χ4n) is 0.977. The molecule has 6 heteroatoms. The van der Waals surface area contributed by atoms with Crippen LogP contribution in [0.1, 0.15) is 20.7 Å². The molecule has 0 aliphatic carbocycles. The van der Waals surface area contributed by atoms with Gasteiger partial charge in [-0.3, -0.25) is 4.79 Å². The zero-order valence-corrected chi connectivity index (χ0v) is 7.31. The summed E-state index contributed by atoms with van der Waals surface area (Å²) in [6.07, 6.45) is 0.254. The molecule has 0 aliphatic rings. The SMILES string of the molecule is O=Cc1cc(C(=O)O)ccc1OC(F)F. The fraction of sp³-hybridized carbons (Fsp3) is 0.111. The summed E-state index contributed by atoms with van der Waals surface area (Å²) in [5.74, 6) is -1.59. The van der Waals surface area contributed by atoms with Gasteiger partial charge in [-0.05, 0) is 18.2 Å². The molecule has 0 saturated heterocycles. The molecule has 1 N–H and O–H groups in total. The Morgan fingerprint density at radius 1 is 1.47 bits per heavy atom. The molecule has 0 bridgehead atoms. The van der Waals surface area contributed by atoms with Crippen LogP contribution in [0.3, 0.4) is 0 Å². The third-order valence-electron chi connectivity index (χ3n) is 1.60. The van der Waals surface area contributed by atoms with Crippen LogP contribution in [0, 0.1) is 0 Å². The zero-order valence-electron chi connectivity index (χ0n) is 7.31. The van der Waals surface area contributed by atoms with E-state index in [4.69, 9.17) is 5.11 Å². The molecule has 0 unspecified atom stereocenters. The summed E-state index contributed by atoms with van der Waals surface area (Å²) in [6.45, 7) is -3.06. The average Bonchev–Trinajstić information content (AvgIpc) is 2.17. The monoisotopic (exact) mass is 216 g/mol. The van der Waals surface area contributed by atoms with E-state index >= 15 is 0 Å². The van der Waals surface area contributed by atoms with Gasteiger partial charge in [0.15, 0.2) is 6.29 Å². The summed E-state index contributed by atoms with van der Waals surface area (Å²) in [6, 6.07) is 3.06. The third-order valence-corrected chi connectivity index (χ3v) is 1.60. The maximum Gasteiger partial charge on any atom is 0.387 e. The second-order valence-corrected chi connectivity index (χ2v) is 2.55. The number of hydrogen-bond acceptors (Lipinski definition) is 3. The minimum Gasteiger partial charge on any atom is -0.478 e. The number of alkyl halides is 2. The normalized spacial score (nSPS) is 10.1. The Bertz CT molecular complexity index is 390. The van der Waals surface area contributed by atoms with Crippen LogP contribution in [0.15, 0.2) is 18.2 Å². The van der Waals surface area contributed by atoms with E-state index in [1.807, 2.05) is 0 Å². The van der Waals surface area contributed by atoms with Gasteiger partial charge in [0.05, 0.1) is 11.1 Å². The van der Waals surface area contributed by atoms with E-state index < -0.39 is 12.6 Å².